The molecular formula is C24H32N6. The highest BCUT2D eigenvalue weighted by molar-refractivity contribution is 5.80. The van der Waals surface area contributed by atoms with Crippen LogP contribution in [0, 0.1) is 0 Å². The number of nitrogens with one attached hydrogen (secondary N) is 2. The fourth-order valence-corrected chi connectivity index (χ4v) is 4.12. The van der Waals surface area contributed by atoms with Gasteiger partial charge in [0.1, 0.15) is 5.82 Å². The minimum absolute atomic E-state index is 0.218. The minimum atomic E-state index is 0.218. The molecule has 1 aliphatic carbocycles. The van der Waals surface area contributed by atoms with Crippen LogP contribution in [0.2, 0.25) is 0 Å². The van der Waals surface area contributed by atoms with Gasteiger partial charge in [0.15, 0.2) is 11.6 Å². The topological polar surface area (TPSA) is 66.6 Å². The van der Waals surface area contributed by atoms with E-state index in [2.05, 4.69) is 52.9 Å². The van der Waals surface area contributed by atoms with Crippen LogP contribution in [0.4, 0.5) is 0 Å². The summed E-state index contributed by atoms with van der Waals surface area (Å²) in [7, 11) is 0. The zero-order valence-electron chi connectivity index (χ0n) is 18.1. The van der Waals surface area contributed by atoms with E-state index in [1.807, 2.05) is 28.8 Å². The van der Waals surface area contributed by atoms with Gasteiger partial charge in [0.25, 0.3) is 0 Å². The maximum Gasteiger partial charge on any atom is 0.191 e. The van der Waals surface area contributed by atoms with Gasteiger partial charge in [-0.25, -0.2) is 0 Å². The third-order valence-electron chi connectivity index (χ3n) is 5.78. The Labute approximate surface area is 178 Å². The Balaban J connectivity index is 1.35. The first-order chi connectivity index (χ1) is 14.7. The normalized spacial score (nSPS) is 15.1. The van der Waals surface area contributed by atoms with Gasteiger partial charge in [-0.3, -0.25) is 9.39 Å². The largest absolute Gasteiger partial charge is 0.357 e. The molecule has 3 aromatic rings. The van der Waals surface area contributed by atoms with Crippen molar-refractivity contribution in [1.82, 2.24) is 25.2 Å². The van der Waals surface area contributed by atoms with Crippen LogP contribution < -0.4 is 10.6 Å². The second-order valence-corrected chi connectivity index (χ2v) is 8.01. The van der Waals surface area contributed by atoms with Crippen molar-refractivity contribution in [3.8, 4) is 0 Å². The van der Waals surface area contributed by atoms with Crippen molar-refractivity contribution in [1.29, 1.82) is 0 Å². The zero-order valence-corrected chi connectivity index (χ0v) is 18.1. The number of benzene rings is 1. The molecule has 2 N–H and O–H groups in total. The molecule has 0 spiro atoms. The van der Waals surface area contributed by atoms with Gasteiger partial charge in [0.2, 0.25) is 0 Å². The Morgan fingerprint density at radius 2 is 2.00 bits per heavy atom. The Bertz CT molecular complexity index is 1010. The van der Waals surface area contributed by atoms with Crippen molar-refractivity contribution in [2.24, 2.45) is 4.99 Å². The molecule has 30 heavy (non-hydrogen) atoms. The molecule has 1 atom stereocenters. The second kappa shape index (κ2) is 9.74. The average molecular weight is 405 g/mol. The van der Waals surface area contributed by atoms with E-state index in [9.17, 15) is 0 Å². The molecule has 0 amide bonds. The Hall–Kier alpha value is -2.89. The maximum atomic E-state index is 4.78. The lowest BCUT2D eigenvalue weighted by Crippen LogP contribution is -2.38. The smallest absolute Gasteiger partial charge is 0.191 e. The number of hydrogen-bond acceptors (Lipinski definition) is 3. The van der Waals surface area contributed by atoms with E-state index in [0.717, 1.165) is 43.4 Å². The molecule has 0 bridgehead atoms. The van der Waals surface area contributed by atoms with Crippen LogP contribution in [-0.4, -0.2) is 33.6 Å². The predicted octanol–water partition coefficient (Wildman–Crippen LogP) is 3.86. The van der Waals surface area contributed by atoms with Gasteiger partial charge in [-0.05, 0) is 74.8 Å². The minimum Gasteiger partial charge on any atom is -0.357 e. The molecule has 2 aromatic heterocycles. The number of aromatic nitrogens is 3. The van der Waals surface area contributed by atoms with Gasteiger partial charge < -0.3 is 10.6 Å². The summed E-state index contributed by atoms with van der Waals surface area (Å²) in [5.41, 5.74) is 5.27. The third kappa shape index (κ3) is 4.81. The van der Waals surface area contributed by atoms with Gasteiger partial charge in [-0.15, -0.1) is 10.2 Å². The zero-order chi connectivity index (χ0) is 20.8. The third-order valence-corrected chi connectivity index (χ3v) is 5.78. The number of hydrogen-bond donors (Lipinski definition) is 2. The van der Waals surface area contributed by atoms with Gasteiger partial charge in [0, 0.05) is 25.7 Å². The van der Waals surface area contributed by atoms with Crippen LogP contribution in [0.1, 0.15) is 61.7 Å². The fourth-order valence-electron chi connectivity index (χ4n) is 4.12. The van der Waals surface area contributed by atoms with Gasteiger partial charge in [-0.2, -0.15) is 0 Å². The Morgan fingerprint density at radius 1 is 1.13 bits per heavy atom. The standard InChI is InChI=1S/C24H32N6/c1-3-25-24(26-15-8-12-23-29-28-22-11-6-7-16-30(22)23)27-18(2)20-14-13-19-9-4-5-10-21(19)17-20/h6-7,11,13-14,16-18H,3-5,8-10,12,15H2,1-2H3,(H2,25,26,27). The molecule has 158 valence electrons. The highest BCUT2D eigenvalue weighted by Crippen LogP contribution is 2.24. The second-order valence-electron chi connectivity index (χ2n) is 8.01. The summed E-state index contributed by atoms with van der Waals surface area (Å²) in [6, 6.07) is 13.1. The molecule has 0 saturated heterocycles. The van der Waals surface area contributed by atoms with Gasteiger partial charge in [-0.1, -0.05) is 24.3 Å². The van der Waals surface area contributed by atoms with Gasteiger partial charge >= 0.3 is 0 Å². The first-order valence-electron chi connectivity index (χ1n) is 11.2. The van der Waals surface area contributed by atoms with Crippen LogP contribution in [0.15, 0.2) is 47.6 Å². The highest BCUT2D eigenvalue weighted by atomic mass is 15.2. The van der Waals surface area contributed by atoms with E-state index >= 15 is 0 Å². The number of pyridine rings is 1. The van der Waals surface area contributed by atoms with E-state index in [0.29, 0.717) is 0 Å². The molecule has 1 aliphatic rings. The van der Waals surface area contributed by atoms with Crippen molar-refractivity contribution < 1.29 is 0 Å². The molecule has 1 unspecified atom stereocenters. The maximum absolute atomic E-state index is 4.78. The molecule has 0 radical (unpaired) electrons. The lowest BCUT2D eigenvalue weighted by Gasteiger charge is -2.21. The SMILES string of the molecule is CCNC(=NCCCc1nnc2ccccn12)NC(C)c1ccc2c(c1)CCCC2. The Kier molecular flexibility index (Phi) is 6.62. The Morgan fingerprint density at radius 3 is 2.87 bits per heavy atom. The molecule has 1 aromatic carbocycles. The number of guanidine groups is 1. The lowest BCUT2D eigenvalue weighted by atomic mass is 9.89. The quantitative estimate of drug-likeness (QED) is 0.357. The first kappa shape index (κ1) is 20.4. The van der Waals surface area contributed by atoms with Crippen LogP contribution in [0.25, 0.3) is 5.65 Å². The summed E-state index contributed by atoms with van der Waals surface area (Å²) in [6.07, 6.45) is 8.86. The number of nitrogens with zero attached hydrogens (tertiary/aromatic N) is 4. The number of aryl methyl sites for hydroxylation is 3. The molecule has 4 rings (SSSR count). The number of aliphatic imine (C=N–C) groups is 1. The first-order valence-corrected chi connectivity index (χ1v) is 11.2. The molecule has 0 fully saturated rings. The van der Waals surface area contributed by atoms with Crippen molar-refractivity contribution in [3.63, 3.8) is 0 Å². The molecule has 0 aliphatic heterocycles. The summed E-state index contributed by atoms with van der Waals surface area (Å²) in [5.74, 6) is 1.86. The summed E-state index contributed by atoms with van der Waals surface area (Å²) in [4.78, 5) is 4.78. The van der Waals surface area contributed by atoms with Crippen LogP contribution >= 0.6 is 0 Å². The van der Waals surface area contributed by atoms with E-state index in [4.69, 9.17) is 4.99 Å². The lowest BCUT2D eigenvalue weighted by molar-refractivity contribution is 0.664. The monoisotopic (exact) mass is 404 g/mol. The molecule has 0 saturated carbocycles. The van der Waals surface area contributed by atoms with Crippen LogP contribution in [0.3, 0.4) is 0 Å². The predicted molar refractivity (Wildman–Crippen MR) is 122 cm³/mol. The van der Waals surface area contributed by atoms with E-state index in [-0.39, 0.29) is 6.04 Å². The molecule has 6 heteroatoms. The number of fused-ring (bicyclic) bond motifs is 2. The average Bonchev–Trinajstić information content (AvgIpc) is 3.19. The molecular weight excluding hydrogens is 372 g/mol. The van der Waals surface area contributed by atoms with Crippen molar-refractivity contribution >= 4 is 11.6 Å². The summed E-state index contributed by atoms with van der Waals surface area (Å²) < 4.78 is 2.05. The number of rotatable bonds is 7. The van der Waals surface area contributed by atoms with Crippen LogP contribution in [-0.2, 0) is 19.3 Å². The van der Waals surface area contributed by atoms with E-state index in [1.165, 1.54) is 42.4 Å². The van der Waals surface area contributed by atoms with E-state index in [1.54, 1.807) is 0 Å². The summed E-state index contributed by atoms with van der Waals surface area (Å²) >= 11 is 0. The highest BCUT2D eigenvalue weighted by Gasteiger charge is 2.13. The van der Waals surface area contributed by atoms with Crippen LogP contribution in [0.5, 0.6) is 0 Å². The summed E-state index contributed by atoms with van der Waals surface area (Å²) in [5, 5.41) is 15.5. The van der Waals surface area contributed by atoms with Gasteiger partial charge in [0.05, 0.1) is 6.04 Å². The van der Waals surface area contributed by atoms with E-state index < -0.39 is 0 Å². The van der Waals surface area contributed by atoms with Crippen molar-refractivity contribution in [2.75, 3.05) is 13.1 Å². The fraction of sp³-hybridized carbons (Fsp3) is 0.458. The molecule has 2 heterocycles. The van der Waals surface area contributed by atoms with Crippen molar-refractivity contribution in [3.05, 3.63) is 65.1 Å². The molecule has 6 nitrogen and oxygen atoms in total. The summed E-state index contributed by atoms with van der Waals surface area (Å²) in [6.45, 7) is 5.90. The van der Waals surface area contributed by atoms with Crippen molar-refractivity contribution in [2.45, 2.75) is 58.4 Å².